The Kier molecular flexibility index (Phi) is 13.0. The average Bonchev–Trinajstić information content (AvgIpc) is 2.77. The molecular formula is C16H29Cl2IN4O. The summed E-state index contributed by atoms with van der Waals surface area (Å²) in [5, 5.41) is 16.8. The van der Waals surface area contributed by atoms with Gasteiger partial charge in [0.25, 0.3) is 0 Å². The predicted molar refractivity (Wildman–Crippen MR) is 114 cm³/mol. The van der Waals surface area contributed by atoms with E-state index in [9.17, 15) is 0 Å². The fourth-order valence-corrected chi connectivity index (χ4v) is 2.84. The first-order chi connectivity index (χ1) is 11.0. The maximum absolute atomic E-state index is 9.14. The van der Waals surface area contributed by atoms with E-state index in [1.54, 1.807) is 0 Å². The Morgan fingerprint density at radius 3 is 2.50 bits per heavy atom. The van der Waals surface area contributed by atoms with Crippen molar-refractivity contribution in [3.63, 3.8) is 0 Å². The van der Waals surface area contributed by atoms with Gasteiger partial charge in [-0.15, -0.1) is 24.0 Å². The summed E-state index contributed by atoms with van der Waals surface area (Å²) in [6.45, 7) is 6.50. The first kappa shape index (κ1) is 23.8. The van der Waals surface area contributed by atoms with E-state index < -0.39 is 0 Å². The lowest BCUT2D eigenvalue weighted by atomic mass is 10.0. The second-order valence-corrected chi connectivity index (χ2v) is 6.34. The highest BCUT2D eigenvalue weighted by Crippen LogP contribution is 2.25. The Bertz CT molecular complexity index is 503. The van der Waals surface area contributed by atoms with E-state index in [1.165, 1.54) is 0 Å². The Balaban J connectivity index is 0.00000529. The number of aliphatic hydroxyl groups excluding tert-OH is 1. The molecule has 1 aromatic heterocycles. The number of aromatic nitrogens is 1. The molecule has 0 radical (unpaired) electrons. The van der Waals surface area contributed by atoms with Crippen LogP contribution in [-0.4, -0.2) is 35.3 Å². The maximum atomic E-state index is 9.14. The second kappa shape index (κ2) is 13.1. The van der Waals surface area contributed by atoms with E-state index in [1.807, 2.05) is 24.6 Å². The molecule has 3 N–H and O–H groups in total. The minimum atomic E-state index is 0. The number of hydrogen-bond acceptors (Lipinski definition) is 2. The van der Waals surface area contributed by atoms with Crippen LogP contribution in [0.1, 0.15) is 38.8 Å². The van der Waals surface area contributed by atoms with Crippen molar-refractivity contribution in [3.05, 3.63) is 21.9 Å². The zero-order chi connectivity index (χ0) is 17.2. The third kappa shape index (κ3) is 7.80. The third-order valence-electron chi connectivity index (χ3n) is 3.75. The van der Waals surface area contributed by atoms with Gasteiger partial charge >= 0.3 is 0 Å². The van der Waals surface area contributed by atoms with Crippen molar-refractivity contribution < 1.29 is 5.11 Å². The van der Waals surface area contributed by atoms with Crippen LogP contribution in [0.15, 0.2) is 11.1 Å². The van der Waals surface area contributed by atoms with Gasteiger partial charge < -0.3 is 20.3 Å². The van der Waals surface area contributed by atoms with E-state index in [0.717, 1.165) is 44.0 Å². The molecule has 1 heterocycles. The van der Waals surface area contributed by atoms with Gasteiger partial charge in [-0.2, -0.15) is 0 Å². The summed E-state index contributed by atoms with van der Waals surface area (Å²) in [5.74, 6) is 1.22. The molecule has 5 nitrogen and oxygen atoms in total. The van der Waals surface area contributed by atoms with Crippen LogP contribution in [0.3, 0.4) is 0 Å². The number of nitrogens with zero attached hydrogens (tertiary/aromatic N) is 2. The van der Waals surface area contributed by atoms with Gasteiger partial charge in [-0.3, -0.25) is 0 Å². The molecule has 0 spiro atoms. The average molecular weight is 491 g/mol. The number of halogens is 3. The largest absolute Gasteiger partial charge is 0.396 e. The van der Waals surface area contributed by atoms with Crippen LogP contribution in [0.4, 0.5) is 0 Å². The fourth-order valence-electron chi connectivity index (χ4n) is 2.42. The van der Waals surface area contributed by atoms with Crippen molar-refractivity contribution in [3.8, 4) is 0 Å². The van der Waals surface area contributed by atoms with Crippen LogP contribution in [0.25, 0.3) is 0 Å². The highest BCUT2D eigenvalue weighted by atomic mass is 127. The van der Waals surface area contributed by atoms with Crippen LogP contribution in [0, 0.1) is 5.92 Å². The molecule has 0 saturated carbocycles. The number of hydrogen-bond donors (Lipinski definition) is 3. The maximum Gasteiger partial charge on any atom is 0.191 e. The first-order valence-corrected chi connectivity index (χ1v) is 8.91. The van der Waals surface area contributed by atoms with E-state index in [4.69, 9.17) is 28.3 Å². The van der Waals surface area contributed by atoms with Gasteiger partial charge in [0, 0.05) is 32.4 Å². The molecule has 140 valence electrons. The van der Waals surface area contributed by atoms with Crippen molar-refractivity contribution in [2.45, 2.75) is 39.7 Å². The third-order valence-corrected chi connectivity index (χ3v) is 4.59. The number of rotatable bonds is 9. The second-order valence-electron chi connectivity index (χ2n) is 5.58. The summed E-state index contributed by atoms with van der Waals surface area (Å²) >= 11 is 12.1. The van der Waals surface area contributed by atoms with Crippen molar-refractivity contribution in [2.75, 3.05) is 19.7 Å². The highest BCUT2D eigenvalue weighted by Gasteiger charge is 2.10. The van der Waals surface area contributed by atoms with Crippen molar-refractivity contribution in [1.29, 1.82) is 0 Å². The Morgan fingerprint density at radius 1 is 1.29 bits per heavy atom. The zero-order valence-corrected chi connectivity index (χ0v) is 18.5. The van der Waals surface area contributed by atoms with Crippen molar-refractivity contribution in [2.24, 2.45) is 18.0 Å². The first-order valence-electron chi connectivity index (χ1n) is 8.16. The molecule has 8 heteroatoms. The quantitative estimate of drug-likeness (QED) is 0.280. The van der Waals surface area contributed by atoms with E-state index in [-0.39, 0.29) is 30.6 Å². The summed E-state index contributed by atoms with van der Waals surface area (Å²) < 4.78 is 1.84. The molecule has 0 aliphatic rings. The van der Waals surface area contributed by atoms with Gasteiger partial charge in [-0.25, -0.2) is 4.99 Å². The summed E-state index contributed by atoms with van der Waals surface area (Å²) in [6.07, 6.45) is 3.01. The lowest BCUT2D eigenvalue weighted by Gasteiger charge is -2.18. The standard InChI is InChI=1S/C16H28Cl2N4O.HI/c1-4-6-12(7-8-23)10-20-16(19-5-2)21-11-13-9-14(17)15(18)22(13)3;/h9,12,23H,4-8,10-11H2,1-3H3,(H2,19,20,21);1H. The minimum Gasteiger partial charge on any atom is -0.396 e. The van der Waals surface area contributed by atoms with Crippen molar-refractivity contribution >= 4 is 53.1 Å². The summed E-state index contributed by atoms with van der Waals surface area (Å²) in [6, 6.07) is 1.84. The van der Waals surface area contributed by atoms with E-state index in [0.29, 0.717) is 22.6 Å². The number of aliphatic imine (C=N–C) groups is 1. The zero-order valence-electron chi connectivity index (χ0n) is 14.6. The molecule has 0 aliphatic carbocycles. The Hall–Kier alpha value is -0.180. The molecule has 0 bridgehead atoms. The van der Waals surface area contributed by atoms with Gasteiger partial charge in [0.2, 0.25) is 0 Å². The number of aliphatic hydroxyl groups is 1. The van der Waals surface area contributed by atoms with Crippen LogP contribution < -0.4 is 10.6 Å². The SMILES string of the molecule is CCCC(CCO)CNC(=NCc1cc(Cl)c(Cl)n1C)NCC.I. The van der Waals surface area contributed by atoms with Crippen LogP contribution >= 0.6 is 47.2 Å². The molecule has 1 unspecified atom stereocenters. The molecule has 0 aliphatic heterocycles. The number of guanidine groups is 1. The van der Waals surface area contributed by atoms with Crippen LogP contribution in [0.2, 0.25) is 10.2 Å². The Labute approximate surface area is 172 Å². The monoisotopic (exact) mass is 490 g/mol. The van der Waals surface area contributed by atoms with Gasteiger partial charge in [0.05, 0.1) is 11.6 Å². The summed E-state index contributed by atoms with van der Waals surface area (Å²) in [4.78, 5) is 4.59. The fraction of sp³-hybridized carbons (Fsp3) is 0.688. The lowest BCUT2D eigenvalue weighted by Crippen LogP contribution is -2.40. The summed E-state index contributed by atoms with van der Waals surface area (Å²) in [5.41, 5.74) is 0.956. The molecule has 1 aromatic rings. The normalized spacial score (nSPS) is 12.7. The molecular weight excluding hydrogens is 462 g/mol. The van der Waals surface area contributed by atoms with E-state index in [2.05, 4.69) is 22.5 Å². The number of nitrogens with one attached hydrogen (secondary N) is 2. The van der Waals surface area contributed by atoms with Gasteiger partial charge in [-0.1, -0.05) is 36.5 Å². The molecule has 0 amide bonds. The van der Waals surface area contributed by atoms with Gasteiger partial charge in [0.1, 0.15) is 5.15 Å². The smallest absolute Gasteiger partial charge is 0.191 e. The van der Waals surface area contributed by atoms with Gasteiger partial charge in [0.15, 0.2) is 5.96 Å². The predicted octanol–water partition coefficient (Wildman–Crippen LogP) is 3.80. The molecule has 0 saturated heterocycles. The van der Waals surface area contributed by atoms with Crippen molar-refractivity contribution in [1.82, 2.24) is 15.2 Å². The molecule has 24 heavy (non-hydrogen) atoms. The minimum absolute atomic E-state index is 0. The molecule has 1 atom stereocenters. The van der Waals surface area contributed by atoms with Gasteiger partial charge in [-0.05, 0) is 31.7 Å². The topological polar surface area (TPSA) is 61.6 Å². The molecule has 0 fully saturated rings. The highest BCUT2D eigenvalue weighted by molar-refractivity contribution is 14.0. The lowest BCUT2D eigenvalue weighted by molar-refractivity contribution is 0.251. The molecule has 1 rings (SSSR count). The molecule has 0 aromatic carbocycles. The van der Waals surface area contributed by atoms with E-state index >= 15 is 0 Å². The van der Waals surface area contributed by atoms with Crippen LogP contribution in [-0.2, 0) is 13.6 Å². The summed E-state index contributed by atoms with van der Waals surface area (Å²) in [7, 11) is 1.87. The van der Waals surface area contributed by atoms with Crippen LogP contribution in [0.5, 0.6) is 0 Å². The Morgan fingerprint density at radius 2 is 2.00 bits per heavy atom.